The SMILES string of the molecule is Cl.NC(CNC(=O)C1C2CC3CC(C2)CC1C3)C1CC1. The normalized spacial score (nSPS) is 43.0. The second kappa shape index (κ2) is 5.49. The number of rotatable bonds is 4. The molecule has 0 radical (unpaired) electrons. The Hall–Kier alpha value is -0.280. The predicted molar refractivity (Wildman–Crippen MR) is 81.5 cm³/mol. The topological polar surface area (TPSA) is 55.1 Å². The lowest BCUT2D eigenvalue weighted by molar-refractivity contribution is -0.138. The van der Waals surface area contributed by atoms with E-state index in [4.69, 9.17) is 5.73 Å². The second-order valence-electron chi connectivity index (χ2n) is 7.70. The molecule has 0 aromatic carbocycles. The second-order valence-corrected chi connectivity index (χ2v) is 7.70. The third-order valence-electron chi connectivity index (χ3n) is 6.27. The first-order valence-corrected chi connectivity index (χ1v) is 8.24. The van der Waals surface area contributed by atoms with Gasteiger partial charge in [-0.15, -0.1) is 12.4 Å². The van der Waals surface area contributed by atoms with Crippen molar-refractivity contribution in [2.45, 2.75) is 51.0 Å². The lowest BCUT2D eigenvalue weighted by atomic mass is 9.51. The highest BCUT2D eigenvalue weighted by atomic mass is 35.5. The van der Waals surface area contributed by atoms with E-state index in [1.165, 1.54) is 44.9 Å². The van der Waals surface area contributed by atoms with Gasteiger partial charge in [-0.25, -0.2) is 0 Å². The van der Waals surface area contributed by atoms with Crippen molar-refractivity contribution in [2.24, 2.45) is 41.2 Å². The molecule has 0 saturated heterocycles. The number of nitrogens with two attached hydrogens (primary N) is 1. The zero-order valence-corrected chi connectivity index (χ0v) is 12.9. The predicted octanol–water partition coefficient (Wildman–Crippen LogP) is 2.33. The summed E-state index contributed by atoms with van der Waals surface area (Å²) < 4.78 is 0. The van der Waals surface area contributed by atoms with Crippen LogP contribution in [0.3, 0.4) is 0 Å². The van der Waals surface area contributed by atoms with Gasteiger partial charge in [-0.3, -0.25) is 4.79 Å². The Bertz CT molecular complexity index is 355. The lowest BCUT2D eigenvalue weighted by Crippen LogP contribution is -2.52. The molecule has 0 aromatic heterocycles. The van der Waals surface area contributed by atoms with Crippen LogP contribution in [0, 0.1) is 35.5 Å². The summed E-state index contributed by atoms with van der Waals surface area (Å²) in [7, 11) is 0. The van der Waals surface area contributed by atoms with Gasteiger partial charge in [0.05, 0.1) is 0 Å². The van der Waals surface area contributed by atoms with Crippen LogP contribution in [-0.4, -0.2) is 18.5 Å². The zero-order chi connectivity index (χ0) is 13.0. The van der Waals surface area contributed by atoms with E-state index >= 15 is 0 Å². The van der Waals surface area contributed by atoms with E-state index < -0.39 is 0 Å². The summed E-state index contributed by atoms with van der Waals surface area (Å²) in [5, 5.41) is 3.17. The van der Waals surface area contributed by atoms with Crippen LogP contribution in [0.2, 0.25) is 0 Å². The maximum atomic E-state index is 12.5. The summed E-state index contributed by atoms with van der Waals surface area (Å²) >= 11 is 0. The minimum atomic E-state index is 0. The molecule has 0 aliphatic heterocycles. The highest BCUT2D eigenvalue weighted by molar-refractivity contribution is 5.85. The summed E-state index contributed by atoms with van der Waals surface area (Å²) in [6.45, 7) is 0.701. The number of carbonyl (C=O) groups is 1. The van der Waals surface area contributed by atoms with Crippen molar-refractivity contribution in [3.63, 3.8) is 0 Å². The van der Waals surface area contributed by atoms with Crippen molar-refractivity contribution in [1.29, 1.82) is 0 Å². The summed E-state index contributed by atoms with van der Waals surface area (Å²) in [5.74, 6) is 4.59. The quantitative estimate of drug-likeness (QED) is 0.837. The summed E-state index contributed by atoms with van der Waals surface area (Å²) in [6, 6.07) is 0.195. The monoisotopic (exact) mass is 298 g/mol. The first kappa shape index (κ1) is 14.6. The number of nitrogens with one attached hydrogen (secondary N) is 1. The average Bonchev–Trinajstić information content (AvgIpc) is 3.18. The van der Waals surface area contributed by atoms with Crippen LogP contribution in [0.5, 0.6) is 0 Å². The fourth-order valence-corrected chi connectivity index (χ4v) is 5.38. The van der Waals surface area contributed by atoms with E-state index in [1.54, 1.807) is 0 Å². The van der Waals surface area contributed by atoms with Gasteiger partial charge in [-0.2, -0.15) is 0 Å². The molecule has 20 heavy (non-hydrogen) atoms. The van der Waals surface area contributed by atoms with Crippen LogP contribution in [0.15, 0.2) is 0 Å². The van der Waals surface area contributed by atoms with Gasteiger partial charge in [-0.1, -0.05) is 0 Å². The Morgan fingerprint density at radius 1 is 1.05 bits per heavy atom. The fourth-order valence-electron chi connectivity index (χ4n) is 5.38. The average molecular weight is 299 g/mol. The molecule has 5 aliphatic carbocycles. The Labute approximate surface area is 127 Å². The van der Waals surface area contributed by atoms with E-state index in [0.717, 1.165) is 11.8 Å². The zero-order valence-electron chi connectivity index (χ0n) is 12.1. The molecule has 3 nitrogen and oxygen atoms in total. The molecule has 1 amide bonds. The Kier molecular flexibility index (Phi) is 4.02. The van der Waals surface area contributed by atoms with Crippen molar-refractivity contribution in [3.05, 3.63) is 0 Å². The van der Waals surface area contributed by atoms with Gasteiger partial charge in [-0.05, 0) is 74.5 Å². The van der Waals surface area contributed by atoms with Crippen molar-refractivity contribution < 1.29 is 4.79 Å². The van der Waals surface area contributed by atoms with Gasteiger partial charge < -0.3 is 11.1 Å². The van der Waals surface area contributed by atoms with E-state index in [0.29, 0.717) is 36.1 Å². The molecule has 0 spiro atoms. The molecule has 114 valence electrons. The third kappa shape index (κ3) is 2.59. The number of amides is 1. The summed E-state index contributed by atoms with van der Waals surface area (Å²) in [4.78, 5) is 12.5. The van der Waals surface area contributed by atoms with Gasteiger partial charge in [0.1, 0.15) is 0 Å². The lowest BCUT2D eigenvalue weighted by Gasteiger charge is -2.53. The molecular formula is C16H27ClN2O. The van der Waals surface area contributed by atoms with Crippen molar-refractivity contribution in [2.75, 3.05) is 6.54 Å². The molecule has 5 rings (SSSR count). The highest BCUT2D eigenvalue weighted by Gasteiger charge is 2.50. The maximum absolute atomic E-state index is 12.5. The van der Waals surface area contributed by atoms with E-state index in [2.05, 4.69) is 5.32 Å². The standard InChI is InChI=1S/C16H26N2O.ClH/c17-14(11-1-2-11)8-18-16(19)15-12-4-9-3-10(6-12)7-13(15)5-9;/h9-15H,1-8,17H2,(H,18,19);1H. The first-order valence-electron chi connectivity index (χ1n) is 8.24. The van der Waals surface area contributed by atoms with Crippen LogP contribution in [-0.2, 0) is 4.79 Å². The van der Waals surface area contributed by atoms with Crippen LogP contribution < -0.4 is 11.1 Å². The fraction of sp³-hybridized carbons (Fsp3) is 0.938. The Balaban J connectivity index is 0.00000121. The van der Waals surface area contributed by atoms with Gasteiger partial charge in [0.15, 0.2) is 0 Å². The Morgan fingerprint density at radius 3 is 2.10 bits per heavy atom. The van der Waals surface area contributed by atoms with E-state index in [1.807, 2.05) is 0 Å². The Morgan fingerprint density at radius 2 is 1.60 bits per heavy atom. The molecule has 3 N–H and O–H groups in total. The van der Waals surface area contributed by atoms with Crippen LogP contribution >= 0.6 is 12.4 Å². The molecule has 0 aromatic rings. The van der Waals surface area contributed by atoms with Crippen LogP contribution in [0.4, 0.5) is 0 Å². The van der Waals surface area contributed by atoms with Gasteiger partial charge in [0.25, 0.3) is 0 Å². The number of hydrogen-bond acceptors (Lipinski definition) is 2. The minimum absolute atomic E-state index is 0. The first-order chi connectivity index (χ1) is 9.20. The van der Waals surface area contributed by atoms with Crippen molar-refractivity contribution in [1.82, 2.24) is 5.32 Å². The van der Waals surface area contributed by atoms with Crippen LogP contribution in [0.1, 0.15) is 44.9 Å². The largest absolute Gasteiger partial charge is 0.354 e. The molecule has 1 unspecified atom stereocenters. The molecule has 4 bridgehead atoms. The van der Waals surface area contributed by atoms with Crippen LogP contribution in [0.25, 0.3) is 0 Å². The number of carbonyl (C=O) groups excluding carboxylic acids is 1. The molecule has 4 heteroatoms. The number of halogens is 1. The smallest absolute Gasteiger partial charge is 0.223 e. The third-order valence-corrected chi connectivity index (χ3v) is 6.27. The van der Waals surface area contributed by atoms with Gasteiger partial charge >= 0.3 is 0 Å². The summed E-state index contributed by atoms with van der Waals surface area (Å²) in [5.41, 5.74) is 6.09. The molecule has 5 aliphatic rings. The molecule has 5 fully saturated rings. The maximum Gasteiger partial charge on any atom is 0.223 e. The van der Waals surface area contributed by atoms with Gasteiger partial charge in [0.2, 0.25) is 5.91 Å². The molecular weight excluding hydrogens is 272 g/mol. The van der Waals surface area contributed by atoms with Crippen molar-refractivity contribution >= 4 is 18.3 Å². The number of hydrogen-bond donors (Lipinski definition) is 2. The van der Waals surface area contributed by atoms with Crippen molar-refractivity contribution in [3.8, 4) is 0 Å². The van der Waals surface area contributed by atoms with E-state index in [9.17, 15) is 4.79 Å². The van der Waals surface area contributed by atoms with Gasteiger partial charge in [0, 0.05) is 18.5 Å². The highest BCUT2D eigenvalue weighted by Crippen LogP contribution is 2.56. The molecule has 0 heterocycles. The van der Waals surface area contributed by atoms with E-state index in [-0.39, 0.29) is 18.4 Å². The minimum Gasteiger partial charge on any atom is -0.354 e. The molecule has 5 saturated carbocycles. The molecule has 1 atom stereocenters. The summed E-state index contributed by atoms with van der Waals surface area (Å²) in [6.07, 6.45) is 9.25.